The molecule has 0 saturated heterocycles. The van der Waals surface area contributed by atoms with E-state index in [0.29, 0.717) is 0 Å². The van der Waals surface area contributed by atoms with Crippen LogP contribution in [0.25, 0.3) is 11.1 Å². The molecule has 0 saturated carbocycles. The van der Waals surface area contributed by atoms with E-state index in [2.05, 4.69) is 137 Å². The second kappa shape index (κ2) is 8.81. The largest absolute Gasteiger partial charge is 0.301 e. The van der Waals surface area contributed by atoms with Crippen molar-refractivity contribution in [3.63, 3.8) is 0 Å². The SMILES string of the molecule is C=CCC1(C)c2cc(C(C)(C)C)ccc2N2c3nccnc3N(c3ccccc3-c3ccccc3)C2C1(C)C. The van der Waals surface area contributed by atoms with Crippen molar-refractivity contribution < 1.29 is 0 Å². The van der Waals surface area contributed by atoms with Gasteiger partial charge in [0.1, 0.15) is 6.17 Å². The molecule has 1 aromatic heterocycles. The van der Waals surface area contributed by atoms with Crippen molar-refractivity contribution in [1.82, 2.24) is 9.97 Å². The number of allylic oxidation sites excluding steroid dienone is 1. The molecule has 2 aliphatic rings. The molecule has 198 valence electrons. The summed E-state index contributed by atoms with van der Waals surface area (Å²) in [6.07, 6.45) is 6.56. The molecule has 0 bridgehead atoms. The lowest BCUT2D eigenvalue weighted by molar-refractivity contribution is 0.131. The Labute approximate surface area is 233 Å². The highest BCUT2D eigenvalue weighted by atomic mass is 15.5. The van der Waals surface area contributed by atoms with Gasteiger partial charge in [0, 0.05) is 34.5 Å². The molecule has 2 unspecified atom stereocenters. The summed E-state index contributed by atoms with van der Waals surface area (Å²) in [4.78, 5) is 14.8. The van der Waals surface area contributed by atoms with E-state index in [0.717, 1.165) is 23.7 Å². The molecule has 0 N–H and O–H groups in total. The van der Waals surface area contributed by atoms with Crippen LogP contribution in [0.5, 0.6) is 0 Å². The lowest BCUT2D eigenvalue weighted by Gasteiger charge is -2.57. The summed E-state index contributed by atoms with van der Waals surface area (Å²) in [5, 5.41) is 0. The summed E-state index contributed by atoms with van der Waals surface area (Å²) in [6, 6.07) is 26.4. The molecular weight excluding hydrogens is 476 g/mol. The highest BCUT2D eigenvalue weighted by molar-refractivity contribution is 5.91. The van der Waals surface area contributed by atoms with Crippen LogP contribution in [0.1, 0.15) is 59.1 Å². The van der Waals surface area contributed by atoms with Crippen molar-refractivity contribution >= 4 is 23.0 Å². The highest BCUT2D eigenvalue weighted by Gasteiger charge is 2.60. The first kappa shape index (κ1) is 25.4. The fraction of sp³-hybridized carbons (Fsp3) is 0.314. The van der Waals surface area contributed by atoms with E-state index in [4.69, 9.17) is 9.97 Å². The Kier molecular flexibility index (Phi) is 5.73. The second-order valence-electron chi connectivity index (χ2n) is 12.7. The number of para-hydroxylation sites is 1. The van der Waals surface area contributed by atoms with E-state index < -0.39 is 0 Å². The first-order chi connectivity index (χ1) is 18.6. The smallest absolute Gasteiger partial charge is 0.178 e. The summed E-state index contributed by atoms with van der Waals surface area (Å²) in [5.41, 5.74) is 7.09. The van der Waals surface area contributed by atoms with Crippen LogP contribution in [-0.4, -0.2) is 16.1 Å². The van der Waals surface area contributed by atoms with Gasteiger partial charge in [0.05, 0.1) is 5.69 Å². The number of fused-ring (bicyclic) bond motifs is 5. The number of hydrogen-bond acceptors (Lipinski definition) is 4. The van der Waals surface area contributed by atoms with Gasteiger partial charge in [-0.2, -0.15) is 0 Å². The van der Waals surface area contributed by atoms with Gasteiger partial charge in [-0.3, -0.25) is 0 Å². The molecule has 0 fully saturated rings. The number of anilines is 4. The van der Waals surface area contributed by atoms with Crippen LogP contribution in [0.15, 0.2) is 97.8 Å². The molecule has 2 atom stereocenters. The Morgan fingerprint density at radius 2 is 1.44 bits per heavy atom. The van der Waals surface area contributed by atoms with Gasteiger partial charge in [-0.25, -0.2) is 9.97 Å². The first-order valence-electron chi connectivity index (χ1n) is 13.9. The Morgan fingerprint density at radius 3 is 2.08 bits per heavy atom. The molecule has 6 rings (SSSR count). The van der Waals surface area contributed by atoms with Crippen LogP contribution >= 0.6 is 0 Å². The van der Waals surface area contributed by atoms with Crippen molar-refractivity contribution in [3.8, 4) is 11.1 Å². The Morgan fingerprint density at radius 1 is 0.821 bits per heavy atom. The van der Waals surface area contributed by atoms with E-state index >= 15 is 0 Å². The first-order valence-corrected chi connectivity index (χ1v) is 13.9. The van der Waals surface area contributed by atoms with Gasteiger partial charge in [0.15, 0.2) is 11.6 Å². The highest BCUT2D eigenvalue weighted by Crippen LogP contribution is 2.63. The summed E-state index contributed by atoms with van der Waals surface area (Å²) in [7, 11) is 0. The molecule has 0 amide bonds. The minimum absolute atomic E-state index is 0.0299. The zero-order valence-electron chi connectivity index (χ0n) is 23.9. The van der Waals surface area contributed by atoms with E-state index in [-0.39, 0.29) is 22.4 Å². The van der Waals surface area contributed by atoms with Crippen molar-refractivity contribution in [2.24, 2.45) is 5.41 Å². The number of benzene rings is 3. The third-order valence-corrected chi connectivity index (χ3v) is 9.19. The van der Waals surface area contributed by atoms with Gasteiger partial charge in [0.2, 0.25) is 0 Å². The van der Waals surface area contributed by atoms with E-state index in [1.54, 1.807) is 0 Å². The molecule has 0 aliphatic carbocycles. The maximum atomic E-state index is 4.97. The molecule has 39 heavy (non-hydrogen) atoms. The Balaban J connectivity index is 1.66. The number of nitrogens with zero attached hydrogens (tertiary/aromatic N) is 4. The average molecular weight is 515 g/mol. The van der Waals surface area contributed by atoms with E-state index in [9.17, 15) is 0 Å². The van der Waals surface area contributed by atoms with Crippen LogP contribution in [0.3, 0.4) is 0 Å². The maximum Gasteiger partial charge on any atom is 0.178 e. The van der Waals surface area contributed by atoms with Crippen LogP contribution in [0, 0.1) is 5.41 Å². The molecule has 2 aliphatic heterocycles. The van der Waals surface area contributed by atoms with E-state index in [1.807, 2.05) is 12.4 Å². The lowest BCUT2D eigenvalue weighted by Crippen LogP contribution is -2.61. The predicted octanol–water partition coefficient (Wildman–Crippen LogP) is 8.93. The summed E-state index contributed by atoms with van der Waals surface area (Å²) >= 11 is 0. The summed E-state index contributed by atoms with van der Waals surface area (Å²) < 4.78 is 0. The molecule has 3 heterocycles. The lowest BCUT2D eigenvalue weighted by atomic mass is 9.56. The monoisotopic (exact) mass is 514 g/mol. The molecule has 0 radical (unpaired) electrons. The molecule has 0 spiro atoms. The standard InChI is InChI=1S/C35H38N4/c1-8-20-35(7)27-23-25(33(2,3)4)18-19-29(27)39-31-30(36-21-22-37-31)38(32(39)34(35,5)6)28-17-13-12-16-26(28)24-14-10-9-11-15-24/h8-19,21-23,32H,1,20H2,2-7H3. The van der Waals surface area contributed by atoms with Crippen LogP contribution < -0.4 is 9.80 Å². The van der Waals surface area contributed by atoms with Gasteiger partial charge < -0.3 is 9.80 Å². The van der Waals surface area contributed by atoms with Crippen LogP contribution in [0.4, 0.5) is 23.0 Å². The minimum Gasteiger partial charge on any atom is -0.301 e. The van der Waals surface area contributed by atoms with E-state index in [1.165, 1.54) is 27.9 Å². The third kappa shape index (κ3) is 3.65. The van der Waals surface area contributed by atoms with Crippen molar-refractivity contribution in [3.05, 3.63) is 109 Å². The number of hydrogen-bond donors (Lipinski definition) is 0. The Bertz CT molecular complexity index is 1550. The van der Waals surface area contributed by atoms with Crippen LogP contribution in [-0.2, 0) is 10.8 Å². The van der Waals surface area contributed by atoms with Crippen molar-refractivity contribution in [2.75, 3.05) is 9.80 Å². The minimum atomic E-state index is -0.211. The quantitative estimate of drug-likeness (QED) is 0.254. The van der Waals surface area contributed by atoms with Gasteiger partial charge in [0.25, 0.3) is 0 Å². The number of rotatable bonds is 4. The average Bonchev–Trinajstić information content (AvgIpc) is 3.28. The molecule has 4 heteroatoms. The molecule has 4 aromatic rings. The fourth-order valence-corrected chi connectivity index (χ4v) is 6.64. The number of aromatic nitrogens is 2. The Hall–Kier alpha value is -3.92. The zero-order chi connectivity index (χ0) is 27.6. The zero-order valence-corrected chi connectivity index (χ0v) is 23.9. The maximum absolute atomic E-state index is 4.97. The molecule has 4 nitrogen and oxygen atoms in total. The predicted molar refractivity (Wildman–Crippen MR) is 163 cm³/mol. The van der Waals surface area contributed by atoms with Crippen molar-refractivity contribution in [1.29, 1.82) is 0 Å². The van der Waals surface area contributed by atoms with Gasteiger partial charge >= 0.3 is 0 Å². The fourth-order valence-electron chi connectivity index (χ4n) is 6.64. The van der Waals surface area contributed by atoms with Gasteiger partial charge in [-0.05, 0) is 40.7 Å². The molecule has 3 aromatic carbocycles. The van der Waals surface area contributed by atoms with Crippen LogP contribution in [0.2, 0.25) is 0 Å². The normalized spacial score (nSPS) is 21.2. The second-order valence-corrected chi connectivity index (χ2v) is 12.7. The topological polar surface area (TPSA) is 32.3 Å². The summed E-state index contributed by atoms with van der Waals surface area (Å²) in [6.45, 7) is 18.3. The third-order valence-electron chi connectivity index (χ3n) is 9.19. The van der Waals surface area contributed by atoms with Gasteiger partial charge in [-0.15, -0.1) is 6.58 Å². The summed E-state index contributed by atoms with van der Waals surface area (Å²) in [5.74, 6) is 1.80. The van der Waals surface area contributed by atoms with Gasteiger partial charge in [-0.1, -0.05) is 108 Å². The molecular formula is C35H38N4. The van der Waals surface area contributed by atoms with Crippen molar-refractivity contribution in [2.45, 2.75) is 65.0 Å².